The Morgan fingerprint density at radius 1 is 1.06 bits per heavy atom. The van der Waals surface area contributed by atoms with Gasteiger partial charge in [0.05, 0.1) is 30.6 Å². The Morgan fingerprint density at radius 3 is 2.51 bits per heavy atom. The van der Waals surface area contributed by atoms with E-state index in [1.807, 2.05) is 31.6 Å². The maximum absolute atomic E-state index is 11.8. The standard InChI is InChI=1S/C25H22N8O2/c1-4-23(34)31-5-7-32(8-6-31)25-22(35-3)10-17(12-27-25)21-9-18(20-14-28-30(2)15-20)16-33-24(21)19(11-26)13-29-33/h1,9-10,12-16H,5-8H2,2-3H3. The maximum atomic E-state index is 11.8. The van der Waals surface area contributed by atoms with Gasteiger partial charge >= 0.3 is 0 Å². The number of hydrogen-bond donors (Lipinski definition) is 0. The minimum absolute atomic E-state index is 0.299. The summed E-state index contributed by atoms with van der Waals surface area (Å²) in [6, 6.07) is 6.15. The SMILES string of the molecule is C#CC(=O)N1CCN(c2ncc(-c3cc(-c4cnn(C)c4)cn4ncc(C#N)c34)cc2OC)CC1. The third kappa shape index (κ3) is 3.91. The van der Waals surface area contributed by atoms with Crippen LogP contribution in [0.1, 0.15) is 5.56 Å². The molecule has 0 saturated carbocycles. The molecule has 1 fully saturated rings. The smallest absolute Gasteiger partial charge is 0.298 e. The summed E-state index contributed by atoms with van der Waals surface area (Å²) in [5.74, 6) is 3.16. The van der Waals surface area contributed by atoms with E-state index in [9.17, 15) is 10.1 Å². The Morgan fingerprint density at radius 2 is 1.86 bits per heavy atom. The number of fused-ring (bicyclic) bond motifs is 1. The Kier molecular flexibility index (Phi) is 5.55. The Hall–Kier alpha value is -4.83. The first kappa shape index (κ1) is 22.0. The van der Waals surface area contributed by atoms with Gasteiger partial charge in [-0.25, -0.2) is 9.50 Å². The second kappa shape index (κ2) is 8.84. The summed E-state index contributed by atoms with van der Waals surface area (Å²) in [5.41, 5.74) is 4.60. The van der Waals surface area contributed by atoms with Crippen LogP contribution in [-0.4, -0.2) is 68.5 Å². The summed E-state index contributed by atoms with van der Waals surface area (Å²) in [6.45, 7) is 2.23. The summed E-state index contributed by atoms with van der Waals surface area (Å²) in [5, 5.41) is 18.3. The van der Waals surface area contributed by atoms with Crippen LogP contribution in [0.2, 0.25) is 0 Å². The lowest BCUT2D eigenvalue weighted by molar-refractivity contribution is -0.125. The molecule has 0 spiro atoms. The van der Waals surface area contributed by atoms with Gasteiger partial charge in [0, 0.05) is 74.1 Å². The van der Waals surface area contributed by atoms with Crippen molar-refractivity contribution < 1.29 is 9.53 Å². The maximum Gasteiger partial charge on any atom is 0.298 e. The molecular formula is C25H22N8O2. The second-order valence-corrected chi connectivity index (χ2v) is 8.18. The fourth-order valence-corrected chi connectivity index (χ4v) is 4.34. The number of terminal acetylenes is 1. The zero-order valence-corrected chi connectivity index (χ0v) is 19.3. The fraction of sp³-hybridized carbons (Fsp3) is 0.240. The van der Waals surface area contributed by atoms with Crippen molar-refractivity contribution in [3.8, 4) is 46.4 Å². The van der Waals surface area contributed by atoms with Crippen LogP contribution in [0.5, 0.6) is 5.75 Å². The summed E-state index contributed by atoms with van der Waals surface area (Å²) in [7, 11) is 3.46. The van der Waals surface area contributed by atoms with Crippen LogP contribution in [0, 0.1) is 23.7 Å². The number of carbonyl (C=O) groups is 1. The molecular weight excluding hydrogens is 444 g/mol. The van der Waals surface area contributed by atoms with E-state index < -0.39 is 0 Å². The molecule has 10 heteroatoms. The van der Waals surface area contributed by atoms with Crippen molar-refractivity contribution in [3.05, 3.63) is 48.7 Å². The van der Waals surface area contributed by atoms with Gasteiger partial charge in [0.2, 0.25) is 0 Å². The van der Waals surface area contributed by atoms with Crippen molar-refractivity contribution in [2.75, 3.05) is 38.2 Å². The Labute approximate surface area is 202 Å². The first-order valence-electron chi connectivity index (χ1n) is 11.0. The Bertz CT molecular complexity index is 1510. The first-order valence-corrected chi connectivity index (χ1v) is 11.0. The zero-order chi connectivity index (χ0) is 24.5. The van der Waals surface area contributed by atoms with E-state index in [0.29, 0.717) is 48.8 Å². The van der Waals surface area contributed by atoms with Gasteiger partial charge in [-0.3, -0.25) is 9.48 Å². The van der Waals surface area contributed by atoms with Crippen LogP contribution < -0.4 is 9.64 Å². The molecule has 174 valence electrons. The number of aryl methyl sites for hydroxylation is 1. The van der Waals surface area contributed by atoms with Crippen molar-refractivity contribution >= 4 is 17.2 Å². The summed E-state index contributed by atoms with van der Waals surface area (Å²) >= 11 is 0. The van der Waals surface area contributed by atoms with Crippen molar-refractivity contribution in [2.24, 2.45) is 7.05 Å². The van der Waals surface area contributed by atoms with Gasteiger partial charge in [0.1, 0.15) is 6.07 Å². The number of methoxy groups -OCH3 is 1. The number of nitrogens with zero attached hydrogens (tertiary/aromatic N) is 8. The number of carbonyl (C=O) groups excluding carboxylic acids is 1. The summed E-state index contributed by atoms with van der Waals surface area (Å²) in [4.78, 5) is 20.2. The van der Waals surface area contributed by atoms with E-state index in [-0.39, 0.29) is 5.91 Å². The van der Waals surface area contributed by atoms with E-state index in [0.717, 1.165) is 22.3 Å². The number of piperazine rings is 1. The summed E-state index contributed by atoms with van der Waals surface area (Å²) in [6.07, 6.45) is 14.2. The molecule has 0 atom stereocenters. The largest absolute Gasteiger partial charge is 0.493 e. The van der Waals surface area contributed by atoms with Crippen molar-refractivity contribution in [2.45, 2.75) is 0 Å². The highest BCUT2D eigenvalue weighted by molar-refractivity contribution is 5.93. The normalized spacial score (nSPS) is 13.5. The van der Waals surface area contributed by atoms with Crippen LogP contribution in [-0.2, 0) is 11.8 Å². The van der Waals surface area contributed by atoms with Gasteiger partial charge in [-0.1, -0.05) is 0 Å². The molecule has 10 nitrogen and oxygen atoms in total. The average Bonchev–Trinajstić information content (AvgIpc) is 3.53. The molecule has 0 bridgehead atoms. The molecule has 1 saturated heterocycles. The van der Waals surface area contributed by atoms with E-state index in [1.165, 1.54) is 0 Å². The van der Waals surface area contributed by atoms with Crippen LogP contribution in [0.25, 0.3) is 27.8 Å². The molecule has 1 aliphatic rings. The van der Waals surface area contributed by atoms with Gasteiger partial charge in [0.25, 0.3) is 5.91 Å². The third-order valence-electron chi connectivity index (χ3n) is 6.12. The molecule has 4 aromatic heterocycles. The molecule has 0 unspecified atom stereocenters. The van der Waals surface area contributed by atoms with Gasteiger partial charge in [-0.05, 0) is 18.1 Å². The predicted molar refractivity (Wildman–Crippen MR) is 130 cm³/mol. The molecule has 0 aromatic carbocycles. The predicted octanol–water partition coefficient (Wildman–Crippen LogP) is 1.96. The van der Waals surface area contributed by atoms with Crippen LogP contribution >= 0.6 is 0 Å². The number of ether oxygens (including phenoxy) is 1. The zero-order valence-electron chi connectivity index (χ0n) is 19.3. The summed E-state index contributed by atoms with van der Waals surface area (Å²) < 4.78 is 9.15. The number of aromatic nitrogens is 5. The highest BCUT2D eigenvalue weighted by Crippen LogP contribution is 2.36. The molecule has 5 rings (SSSR count). The van der Waals surface area contributed by atoms with Crippen LogP contribution in [0.15, 0.2) is 43.1 Å². The van der Waals surface area contributed by atoms with E-state index >= 15 is 0 Å². The molecule has 0 aliphatic carbocycles. The quantitative estimate of drug-likeness (QED) is 0.424. The molecule has 5 heterocycles. The van der Waals surface area contributed by atoms with Gasteiger partial charge in [-0.15, -0.1) is 6.42 Å². The van der Waals surface area contributed by atoms with E-state index in [1.54, 1.807) is 39.8 Å². The van der Waals surface area contributed by atoms with Gasteiger partial charge in [0.15, 0.2) is 11.6 Å². The first-order chi connectivity index (χ1) is 17.0. The topological polar surface area (TPSA) is 105 Å². The lowest BCUT2D eigenvalue weighted by atomic mass is 10.0. The molecule has 0 radical (unpaired) electrons. The highest BCUT2D eigenvalue weighted by Gasteiger charge is 2.24. The number of rotatable bonds is 4. The highest BCUT2D eigenvalue weighted by atomic mass is 16.5. The van der Waals surface area contributed by atoms with E-state index in [4.69, 9.17) is 16.1 Å². The monoisotopic (exact) mass is 466 g/mol. The lowest BCUT2D eigenvalue weighted by Crippen LogP contribution is -2.48. The Balaban J connectivity index is 1.56. The molecule has 1 amide bonds. The molecule has 35 heavy (non-hydrogen) atoms. The number of amides is 1. The van der Waals surface area contributed by atoms with Crippen molar-refractivity contribution in [1.29, 1.82) is 5.26 Å². The molecule has 4 aromatic rings. The second-order valence-electron chi connectivity index (χ2n) is 8.18. The van der Waals surface area contributed by atoms with Gasteiger partial charge < -0.3 is 14.5 Å². The minimum atomic E-state index is -0.299. The van der Waals surface area contributed by atoms with Crippen molar-refractivity contribution in [3.63, 3.8) is 0 Å². The van der Waals surface area contributed by atoms with Crippen LogP contribution in [0.3, 0.4) is 0 Å². The number of anilines is 1. The van der Waals surface area contributed by atoms with E-state index in [2.05, 4.69) is 27.1 Å². The number of pyridine rings is 2. The average molecular weight is 467 g/mol. The number of nitriles is 1. The fourth-order valence-electron chi connectivity index (χ4n) is 4.34. The number of hydrogen-bond acceptors (Lipinski definition) is 7. The third-order valence-corrected chi connectivity index (χ3v) is 6.12. The molecule has 1 aliphatic heterocycles. The molecule has 0 N–H and O–H groups in total. The lowest BCUT2D eigenvalue weighted by Gasteiger charge is -2.35. The van der Waals surface area contributed by atoms with Gasteiger partial charge in [-0.2, -0.15) is 15.5 Å². The van der Waals surface area contributed by atoms with Crippen LogP contribution in [0.4, 0.5) is 5.82 Å². The minimum Gasteiger partial charge on any atom is -0.493 e. The van der Waals surface area contributed by atoms with Crippen molar-refractivity contribution in [1.82, 2.24) is 29.3 Å².